The van der Waals surface area contributed by atoms with Crippen LogP contribution in [-0.4, -0.2) is 18.3 Å². The molecule has 0 atom stereocenters. The molecule has 1 saturated heterocycles. The van der Waals surface area contributed by atoms with Crippen LogP contribution in [0.4, 0.5) is 0 Å². The molecule has 6 rings (SSSR count). The Hall–Kier alpha value is -2.40. The van der Waals surface area contributed by atoms with Gasteiger partial charge in [-0.1, -0.05) is 60.7 Å². The summed E-state index contributed by atoms with van der Waals surface area (Å²) in [5, 5.41) is 7.73. The number of benzene rings is 4. The quantitative estimate of drug-likeness (QED) is 0.288. The fourth-order valence-corrected chi connectivity index (χ4v) is 5.86. The number of hydrogen-bond donors (Lipinski definition) is 0. The van der Waals surface area contributed by atoms with Crippen molar-refractivity contribution in [3.05, 3.63) is 66.7 Å². The van der Waals surface area contributed by atoms with E-state index in [1.165, 1.54) is 41.7 Å². The van der Waals surface area contributed by atoms with Gasteiger partial charge in [0.1, 0.15) is 0 Å². The first-order chi connectivity index (χ1) is 14.4. The summed E-state index contributed by atoms with van der Waals surface area (Å²) in [6.45, 7) is 8.44. The van der Waals surface area contributed by atoms with Crippen LogP contribution >= 0.6 is 11.3 Å². The monoisotopic (exact) mass is 410 g/mol. The minimum Gasteiger partial charge on any atom is -0.399 e. The van der Waals surface area contributed by atoms with E-state index in [4.69, 9.17) is 9.31 Å². The van der Waals surface area contributed by atoms with Gasteiger partial charge in [0.15, 0.2) is 0 Å². The van der Waals surface area contributed by atoms with Gasteiger partial charge in [0.2, 0.25) is 0 Å². The summed E-state index contributed by atoms with van der Waals surface area (Å²) in [5.41, 5.74) is 0.404. The highest BCUT2D eigenvalue weighted by Gasteiger charge is 2.52. The lowest BCUT2D eigenvalue weighted by atomic mass is 9.75. The first-order valence-corrected chi connectivity index (χ1v) is 11.3. The second kappa shape index (κ2) is 6.07. The molecule has 2 nitrogen and oxygen atoms in total. The highest BCUT2D eigenvalue weighted by Crippen LogP contribution is 2.42. The van der Waals surface area contributed by atoms with E-state index in [-0.39, 0.29) is 18.3 Å². The van der Waals surface area contributed by atoms with Crippen molar-refractivity contribution < 1.29 is 9.31 Å². The molecule has 1 aromatic heterocycles. The SMILES string of the molecule is CC1(C)OB(c2cc3sc4c5ccccc5ccc4c3c3ccccc23)OC1(C)C. The van der Waals surface area contributed by atoms with Crippen LogP contribution in [0.2, 0.25) is 0 Å². The van der Waals surface area contributed by atoms with E-state index in [9.17, 15) is 0 Å². The molecule has 0 aliphatic carbocycles. The zero-order valence-electron chi connectivity index (χ0n) is 17.7. The van der Waals surface area contributed by atoms with Crippen molar-refractivity contribution in [3.63, 3.8) is 0 Å². The van der Waals surface area contributed by atoms with Gasteiger partial charge in [0.25, 0.3) is 0 Å². The van der Waals surface area contributed by atoms with Crippen molar-refractivity contribution in [3.8, 4) is 0 Å². The van der Waals surface area contributed by atoms with Crippen LogP contribution in [0.15, 0.2) is 66.7 Å². The first kappa shape index (κ1) is 18.4. The molecule has 2 heterocycles. The lowest BCUT2D eigenvalue weighted by Crippen LogP contribution is -2.41. The molecule has 0 N–H and O–H groups in total. The molecule has 1 fully saturated rings. The Bertz CT molecular complexity index is 1450. The third-order valence-electron chi connectivity index (χ3n) is 6.91. The number of rotatable bonds is 1. The molecule has 0 bridgehead atoms. The fourth-order valence-electron chi connectivity index (χ4n) is 4.56. The highest BCUT2D eigenvalue weighted by atomic mass is 32.1. The summed E-state index contributed by atoms with van der Waals surface area (Å²) >= 11 is 1.87. The molecule has 148 valence electrons. The molecule has 0 amide bonds. The molecule has 0 spiro atoms. The molecule has 1 aliphatic rings. The summed E-state index contributed by atoms with van der Waals surface area (Å²) < 4.78 is 15.5. The fraction of sp³-hybridized carbons (Fsp3) is 0.231. The van der Waals surface area contributed by atoms with Crippen molar-refractivity contribution in [1.82, 2.24) is 0 Å². The molecule has 0 radical (unpaired) electrons. The number of hydrogen-bond acceptors (Lipinski definition) is 3. The predicted octanol–water partition coefficient (Wildman–Crippen LogP) is 6.66. The van der Waals surface area contributed by atoms with Crippen molar-refractivity contribution in [2.24, 2.45) is 0 Å². The van der Waals surface area contributed by atoms with E-state index in [1.54, 1.807) is 0 Å². The summed E-state index contributed by atoms with van der Waals surface area (Å²) in [7, 11) is -0.369. The van der Waals surface area contributed by atoms with Crippen molar-refractivity contribution in [2.45, 2.75) is 38.9 Å². The van der Waals surface area contributed by atoms with E-state index >= 15 is 0 Å². The van der Waals surface area contributed by atoms with E-state index in [0.29, 0.717) is 0 Å². The van der Waals surface area contributed by atoms with Crippen molar-refractivity contribution in [2.75, 3.05) is 0 Å². The van der Waals surface area contributed by atoms with Crippen LogP contribution in [0.25, 0.3) is 41.7 Å². The largest absolute Gasteiger partial charge is 0.495 e. The third kappa shape index (κ3) is 2.45. The predicted molar refractivity (Wildman–Crippen MR) is 130 cm³/mol. The van der Waals surface area contributed by atoms with Crippen molar-refractivity contribution in [1.29, 1.82) is 0 Å². The maximum absolute atomic E-state index is 6.43. The Morgan fingerprint density at radius 2 is 1.33 bits per heavy atom. The van der Waals surface area contributed by atoms with Gasteiger partial charge >= 0.3 is 7.12 Å². The van der Waals surface area contributed by atoms with Crippen LogP contribution in [-0.2, 0) is 9.31 Å². The molecular weight excluding hydrogens is 387 g/mol. The zero-order chi connectivity index (χ0) is 20.7. The van der Waals surface area contributed by atoms with Gasteiger partial charge in [-0.15, -0.1) is 11.3 Å². The van der Waals surface area contributed by atoms with E-state index in [2.05, 4.69) is 94.4 Å². The van der Waals surface area contributed by atoms with Crippen molar-refractivity contribution >= 4 is 65.6 Å². The second-order valence-electron chi connectivity index (χ2n) is 9.24. The molecule has 30 heavy (non-hydrogen) atoms. The lowest BCUT2D eigenvalue weighted by molar-refractivity contribution is 0.00578. The average molecular weight is 410 g/mol. The van der Waals surface area contributed by atoms with E-state index in [0.717, 1.165) is 5.46 Å². The molecule has 4 heteroatoms. The Kier molecular flexibility index (Phi) is 3.72. The molecule has 4 aromatic carbocycles. The number of fused-ring (bicyclic) bond motifs is 7. The minimum atomic E-state index is -0.369. The van der Waals surface area contributed by atoms with Gasteiger partial charge in [0.05, 0.1) is 11.2 Å². The Morgan fingerprint density at radius 1 is 0.700 bits per heavy atom. The summed E-state index contributed by atoms with van der Waals surface area (Å²) in [6, 6.07) is 24.1. The van der Waals surface area contributed by atoms with E-state index in [1.807, 2.05) is 11.3 Å². The van der Waals surface area contributed by atoms with Crippen LogP contribution < -0.4 is 5.46 Å². The van der Waals surface area contributed by atoms with E-state index < -0.39 is 0 Å². The molecule has 0 unspecified atom stereocenters. The van der Waals surface area contributed by atoms with Gasteiger partial charge < -0.3 is 9.31 Å². The van der Waals surface area contributed by atoms with Gasteiger partial charge in [-0.2, -0.15) is 0 Å². The molecule has 1 aliphatic heterocycles. The topological polar surface area (TPSA) is 18.5 Å². The number of thiophene rings is 1. The summed E-state index contributed by atoms with van der Waals surface area (Å²) in [4.78, 5) is 0. The highest BCUT2D eigenvalue weighted by molar-refractivity contribution is 7.27. The first-order valence-electron chi connectivity index (χ1n) is 10.5. The Morgan fingerprint density at radius 3 is 2.07 bits per heavy atom. The normalized spacial score (nSPS) is 18.2. The Balaban J connectivity index is 1.69. The second-order valence-corrected chi connectivity index (χ2v) is 10.3. The molecule has 0 saturated carbocycles. The van der Waals surface area contributed by atoms with Crippen LogP contribution in [0.3, 0.4) is 0 Å². The standard InChI is InChI=1S/C26H23BO2S/c1-25(2)26(3,4)29-27(28-25)21-15-22-23(19-12-8-7-11-18(19)21)20-14-13-16-9-5-6-10-17(16)24(20)30-22/h5-15H,1-4H3. The smallest absolute Gasteiger partial charge is 0.399 e. The minimum absolute atomic E-state index is 0.357. The maximum atomic E-state index is 6.43. The van der Waals surface area contributed by atoms with Crippen LogP contribution in [0.5, 0.6) is 0 Å². The van der Waals surface area contributed by atoms with Gasteiger partial charge in [-0.05, 0) is 60.8 Å². The van der Waals surface area contributed by atoms with Crippen LogP contribution in [0, 0.1) is 0 Å². The lowest BCUT2D eigenvalue weighted by Gasteiger charge is -2.32. The Labute approximate surface area is 180 Å². The summed E-state index contributed by atoms with van der Waals surface area (Å²) in [6.07, 6.45) is 0. The van der Waals surface area contributed by atoms with Gasteiger partial charge in [-0.25, -0.2) is 0 Å². The van der Waals surface area contributed by atoms with Crippen LogP contribution in [0.1, 0.15) is 27.7 Å². The maximum Gasteiger partial charge on any atom is 0.495 e. The molecular formula is C26H23BO2S. The van der Waals surface area contributed by atoms with Gasteiger partial charge in [0, 0.05) is 20.2 Å². The third-order valence-corrected chi connectivity index (χ3v) is 8.09. The van der Waals surface area contributed by atoms with Gasteiger partial charge in [-0.3, -0.25) is 0 Å². The molecule has 5 aromatic rings. The average Bonchev–Trinajstić information content (AvgIpc) is 3.21. The summed E-state index contributed by atoms with van der Waals surface area (Å²) in [5.74, 6) is 0. The zero-order valence-corrected chi connectivity index (χ0v) is 18.5.